The second kappa shape index (κ2) is 12.7. The molecule has 4 heterocycles. The molecule has 3 aliphatic rings. The fourth-order valence-corrected chi connectivity index (χ4v) is 5.63. The Morgan fingerprint density at radius 2 is 1.83 bits per heavy atom. The molecule has 244 valence electrons. The first-order valence-corrected chi connectivity index (χ1v) is 15.3. The summed E-state index contributed by atoms with van der Waals surface area (Å²) < 4.78 is 49.5. The number of rotatable bonds is 10. The van der Waals surface area contributed by atoms with Crippen LogP contribution in [0.3, 0.4) is 0 Å². The number of hydrogen-bond donors (Lipinski definition) is 2. The number of halogens is 3. The van der Waals surface area contributed by atoms with Crippen molar-refractivity contribution in [2.75, 3.05) is 13.8 Å². The minimum absolute atomic E-state index is 0.0977. The van der Waals surface area contributed by atoms with Gasteiger partial charge in [0.2, 0.25) is 12.2 Å². The van der Waals surface area contributed by atoms with Gasteiger partial charge in [0.25, 0.3) is 0 Å². The number of allylic oxidation sites excluding steroid dienone is 1. The van der Waals surface area contributed by atoms with Crippen LogP contribution >= 0.6 is 0 Å². The molecule has 1 aromatic carbocycles. The topological polar surface area (TPSA) is 122 Å². The Kier molecular flexibility index (Phi) is 8.68. The molecule has 1 unspecified atom stereocenters. The fraction of sp³-hybridized carbons (Fsp3) is 0.484. The van der Waals surface area contributed by atoms with Crippen LogP contribution in [0.1, 0.15) is 69.6 Å². The van der Waals surface area contributed by atoms with E-state index in [4.69, 9.17) is 14.7 Å². The second-order valence-corrected chi connectivity index (χ2v) is 12.1. The Balaban J connectivity index is 1.32. The van der Waals surface area contributed by atoms with Crippen LogP contribution < -0.4 is 10.6 Å². The van der Waals surface area contributed by atoms with Crippen molar-refractivity contribution < 1.29 is 17.9 Å². The normalized spacial score (nSPS) is 18.6. The minimum Gasteiger partial charge on any atom is -0.481 e. The van der Waals surface area contributed by atoms with Crippen LogP contribution in [0.5, 0.6) is 0 Å². The van der Waals surface area contributed by atoms with Gasteiger partial charge >= 0.3 is 6.18 Å². The number of benzene rings is 1. The molecule has 6 rings (SSSR count). The van der Waals surface area contributed by atoms with Crippen molar-refractivity contribution >= 4 is 18.1 Å². The molecule has 46 heavy (non-hydrogen) atoms. The molecule has 0 radical (unpaired) electrons. The van der Waals surface area contributed by atoms with Gasteiger partial charge in [-0.2, -0.15) is 13.2 Å². The molecule has 2 aromatic heterocycles. The number of nitrogens with zero attached hydrogens (tertiary/aromatic N) is 9. The van der Waals surface area contributed by atoms with Crippen LogP contribution in [-0.2, 0) is 24.0 Å². The van der Waals surface area contributed by atoms with Crippen molar-refractivity contribution in [1.82, 2.24) is 40.1 Å². The molecule has 0 bridgehead atoms. The lowest BCUT2D eigenvalue weighted by atomic mass is 10.1. The van der Waals surface area contributed by atoms with Gasteiger partial charge in [0, 0.05) is 42.6 Å². The van der Waals surface area contributed by atoms with Gasteiger partial charge in [-0.1, -0.05) is 29.5 Å². The van der Waals surface area contributed by atoms with Gasteiger partial charge in [0.05, 0.1) is 30.9 Å². The molecule has 1 aliphatic carbocycles. The van der Waals surface area contributed by atoms with Gasteiger partial charge < -0.3 is 19.9 Å². The summed E-state index contributed by atoms with van der Waals surface area (Å²) in [7, 11) is 1.61. The minimum atomic E-state index is -4.53. The third kappa shape index (κ3) is 6.55. The maximum absolute atomic E-state index is 13.5. The van der Waals surface area contributed by atoms with E-state index in [1.807, 2.05) is 44.5 Å². The number of alkyl halides is 3. The van der Waals surface area contributed by atoms with Gasteiger partial charge in [-0.25, -0.2) is 24.6 Å². The third-order valence-corrected chi connectivity index (χ3v) is 8.05. The van der Waals surface area contributed by atoms with Crippen LogP contribution in [0.2, 0.25) is 0 Å². The van der Waals surface area contributed by atoms with Crippen molar-refractivity contribution in [3.63, 3.8) is 0 Å². The van der Waals surface area contributed by atoms with E-state index in [2.05, 4.69) is 35.8 Å². The lowest BCUT2D eigenvalue weighted by Gasteiger charge is -2.30. The van der Waals surface area contributed by atoms with Gasteiger partial charge in [0.15, 0.2) is 5.69 Å². The van der Waals surface area contributed by atoms with Gasteiger partial charge in [-0.15, -0.1) is 5.10 Å². The SMILES string of the molecule is COC1=NCNC(C2CC2)=C1C1=NC(N(Cc2ccc(-c3nc(C(F)(F)F)cn3C(C)C)cc2)Cc2cnnn2C(C)C)N=CN1. The summed E-state index contributed by atoms with van der Waals surface area (Å²) in [5.74, 6) is 1.83. The molecule has 2 N–H and O–H groups in total. The summed E-state index contributed by atoms with van der Waals surface area (Å²) in [5.41, 5.74) is 3.39. The molecule has 0 saturated heterocycles. The Labute approximate surface area is 265 Å². The van der Waals surface area contributed by atoms with E-state index in [1.165, 1.54) is 0 Å². The quantitative estimate of drug-likeness (QED) is 0.324. The molecule has 1 saturated carbocycles. The first-order valence-electron chi connectivity index (χ1n) is 15.3. The van der Waals surface area contributed by atoms with E-state index in [9.17, 15) is 13.2 Å². The molecule has 2 aliphatic heterocycles. The summed E-state index contributed by atoms with van der Waals surface area (Å²) in [6.45, 7) is 9.07. The number of methoxy groups -OCH3 is 1. The third-order valence-electron chi connectivity index (χ3n) is 8.05. The summed E-state index contributed by atoms with van der Waals surface area (Å²) in [6, 6.07) is 7.30. The van der Waals surface area contributed by atoms with Gasteiger partial charge in [-0.3, -0.25) is 4.90 Å². The van der Waals surface area contributed by atoms with E-state index < -0.39 is 18.2 Å². The average Bonchev–Trinajstić information content (AvgIpc) is 3.58. The van der Waals surface area contributed by atoms with E-state index in [0.29, 0.717) is 43.0 Å². The maximum atomic E-state index is 13.5. The second-order valence-electron chi connectivity index (χ2n) is 12.1. The van der Waals surface area contributed by atoms with Crippen molar-refractivity contribution in [3.05, 3.63) is 64.9 Å². The summed E-state index contributed by atoms with van der Waals surface area (Å²) in [6.07, 6.45) is 1.51. The number of aromatic nitrogens is 5. The zero-order valence-electron chi connectivity index (χ0n) is 26.5. The number of nitrogens with one attached hydrogen (secondary N) is 2. The van der Waals surface area contributed by atoms with Crippen molar-refractivity contribution in [2.24, 2.45) is 20.9 Å². The highest BCUT2D eigenvalue weighted by Gasteiger charge is 2.36. The predicted octanol–water partition coefficient (Wildman–Crippen LogP) is 4.91. The highest BCUT2D eigenvalue weighted by Crippen LogP contribution is 2.38. The maximum Gasteiger partial charge on any atom is 0.434 e. The monoisotopic (exact) mass is 637 g/mol. The summed E-state index contributed by atoms with van der Waals surface area (Å²) in [4.78, 5) is 20.3. The van der Waals surface area contributed by atoms with E-state index in [1.54, 1.807) is 36.3 Å². The zero-order chi connectivity index (χ0) is 32.6. The van der Waals surface area contributed by atoms with Crippen LogP contribution in [-0.4, -0.2) is 67.6 Å². The van der Waals surface area contributed by atoms with Crippen LogP contribution in [0, 0.1) is 5.92 Å². The van der Waals surface area contributed by atoms with Crippen molar-refractivity contribution in [3.8, 4) is 11.4 Å². The van der Waals surface area contributed by atoms with Gasteiger partial charge in [-0.05, 0) is 52.0 Å². The van der Waals surface area contributed by atoms with Crippen LogP contribution in [0.15, 0.2) is 62.9 Å². The summed E-state index contributed by atoms with van der Waals surface area (Å²) >= 11 is 0. The largest absolute Gasteiger partial charge is 0.481 e. The molecule has 1 atom stereocenters. The number of ether oxygens (including phenoxy) is 1. The van der Waals surface area contributed by atoms with Crippen molar-refractivity contribution in [2.45, 2.75) is 78.2 Å². The predicted molar refractivity (Wildman–Crippen MR) is 168 cm³/mol. The Morgan fingerprint density at radius 1 is 1.07 bits per heavy atom. The van der Waals surface area contributed by atoms with Crippen LogP contribution in [0.4, 0.5) is 13.2 Å². The Bertz CT molecular complexity index is 1680. The lowest BCUT2D eigenvalue weighted by molar-refractivity contribution is -0.140. The molecule has 12 nitrogen and oxygen atoms in total. The molecule has 0 spiro atoms. The smallest absolute Gasteiger partial charge is 0.434 e. The highest BCUT2D eigenvalue weighted by molar-refractivity contribution is 6.24. The first kappa shape index (κ1) is 31.5. The molecular weight excluding hydrogens is 599 g/mol. The zero-order valence-corrected chi connectivity index (χ0v) is 26.5. The Hall–Kier alpha value is -4.53. The molecule has 0 amide bonds. The molecular formula is C31H38F3N11O. The highest BCUT2D eigenvalue weighted by atomic mass is 19.4. The molecule has 15 heteroatoms. The van der Waals surface area contributed by atoms with E-state index >= 15 is 0 Å². The molecule has 1 fully saturated rings. The number of aliphatic imine (C=N–C) groups is 3. The number of hydrogen-bond acceptors (Lipinski definition) is 10. The van der Waals surface area contributed by atoms with Gasteiger partial charge in [0.1, 0.15) is 18.3 Å². The molecule has 3 aromatic rings. The van der Waals surface area contributed by atoms with E-state index in [-0.39, 0.29) is 17.9 Å². The first-order chi connectivity index (χ1) is 22.0. The summed E-state index contributed by atoms with van der Waals surface area (Å²) in [5, 5.41) is 15.0. The fourth-order valence-electron chi connectivity index (χ4n) is 5.63. The van der Waals surface area contributed by atoms with Crippen LogP contribution in [0.25, 0.3) is 11.4 Å². The Morgan fingerprint density at radius 3 is 2.48 bits per heavy atom. The average molecular weight is 638 g/mol. The van der Waals surface area contributed by atoms with Crippen molar-refractivity contribution in [1.29, 1.82) is 0 Å². The number of amidine groups is 1. The number of imidazole rings is 1. The van der Waals surface area contributed by atoms with E-state index in [0.717, 1.165) is 41.6 Å². The lowest BCUT2D eigenvalue weighted by Crippen LogP contribution is -2.42. The standard InChI is InChI=1S/C31H38F3N11O/c1-18(2)44-15-24(31(32,33)34)40-28(44)22-8-6-20(7-9-22)13-43(14-23-12-39-42-45(23)19(3)4)30-38-17-36-27(41-30)25-26(21-10-11-21)35-16-37-29(25)46-5/h6-9,12,15,17-19,21,30,35H,10-11,13-14,16H2,1-5H3,(H,36,38,41).